The van der Waals surface area contributed by atoms with E-state index in [4.69, 9.17) is 4.74 Å². The molecule has 1 heterocycles. The van der Waals surface area contributed by atoms with Gasteiger partial charge < -0.3 is 10.1 Å². The molecule has 10 heteroatoms. The van der Waals surface area contributed by atoms with Gasteiger partial charge in [-0.05, 0) is 66.1 Å². The maximum absolute atomic E-state index is 13.4. The number of hydrogen-bond donors (Lipinski definition) is 1. The second-order valence-electron chi connectivity index (χ2n) is 7.95. The number of esters is 1. The Morgan fingerprint density at radius 1 is 1.03 bits per heavy atom. The molecule has 1 amide bonds. The first-order chi connectivity index (χ1) is 16.7. The van der Waals surface area contributed by atoms with Crippen molar-refractivity contribution in [3.8, 4) is 0 Å². The van der Waals surface area contributed by atoms with E-state index < -0.39 is 40.4 Å². The van der Waals surface area contributed by atoms with Gasteiger partial charge in [0.1, 0.15) is 5.82 Å². The van der Waals surface area contributed by atoms with E-state index in [1.165, 1.54) is 16.4 Å². The van der Waals surface area contributed by atoms with Crippen LogP contribution >= 0.6 is 15.9 Å². The van der Waals surface area contributed by atoms with E-state index in [0.29, 0.717) is 17.7 Å². The molecule has 4 rings (SSSR count). The van der Waals surface area contributed by atoms with Crippen molar-refractivity contribution >= 4 is 43.5 Å². The minimum absolute atomic E-state index is 0.0643. The number of hydrogen-bond acceptors (Lipinski definition) is 5. The molecule has 0 spiro atoms. The fourth-order valence-electron chi connectivity index (χ4n) is 3.96. The molecule has 1 unspecified atom stereocenters. The molecule has 0 aromatic heterocycles. The third-order valence-corrected chi connectivity index (χ3v) is 8.09. The molecular formula is C25H22BrFN2O5S. The molecule has 0 saturated heterocycles. The number of fused-ring (bicyclic) bond motifs is 1. The van der Waals surface area contributed by atoms with Crippen molar-refractivity contribution in [1.29, 1.82) is 0 Å². The number of nitrogens with one attached hydrogen (secondary N) is 1. The van der Waals surface area contributed by atoms with Crippen LogP contribution in [0, 0.1) is 5.82 Å². The van der Waals surface area contributed by atoms with Crippen molar-refractivity contribution < 1.29 is 27.1 Å². The van der Waals surface area contributed by atoms with Crippen molar-refractivity contribution in [2.75, 3.05) is 18.5 Å². The number of nitrogens with zero attached hydrogens (tertiary/aromatic N) is 1. The first-order valence-electron chi connectivity index (χ1n) is 10.8. The maximum atomic E-state index is 13.4. The average molecular weight is 561 g/mol. The van der Waals surface area contributed by atoms with E-state index in [-0.39, 0.29) is 17.9 Å². The lowest BCUT2D eigenvalue weighted by Gasteiger charge is -2.36. The zero-order chi connectivity index (χ0) is 25.0. The number of sulfonamides is 1. The first kappa shape index (κ1) is 25.0. The lowest BCUT2D eigenvalue weighted by molar-refractivity contribution is -0.148. The van der Waals surface area contributed by atoms with Crippen LogP contribution in [-0.2, 0) is 30.8 Å². The lowest BCUT2D eigenvalue weighted by Crippen LogP contribution is -2.41. The van der Waals surface area contributed by atoms with Crippen molar-refractivity contribution in [1.82, 2.24) is 4.31 Å². The van der Waals surface area contributed by atoms with E-state index in [1.54, 1.807) is 36.4 Å². The summed E-state index contributed by atoms with van der Waals surface area (Å²) in [6.07, 6.45) is 0.195. The number of carbonyl (C=O) groups is 2. The molecule has 3 aromatic carbocycles. The van der Waals surface area contributed by atoms with E-state index in [9.17, 15) is 22.4 Å². The zero-order valence-electron chi connectivity index (χ0n) is 18.5. The van der Waals surface area contributed by atoms with Gasteiger partial charge in [-0.25, -0.2) is 12.8 Å². The highest BCUT2D eigenvalue weighted by atomic mass is 79.9. The summed E-state index contributed by atoms with van der Waals surface area (Å²) in [6.45, 7) is -0.354. The second kappa shape index (κ2) is 10.7. The normalized spacial score (nSPS) is 15.8. The van der Waals surface area contributed by atoms with Crippen LogP contribution < -0.4 is 5.32 Å². The van der Waals surface area contributed by atoms with Crippen LogP contribution in [0.15, 0.2) is 82.2 Å². The maximum Gasteiger partial charge on any atom is 0.308 e. The van der Waals surface area contributed by atoms with Gasteiger partial charge in [-0.1, -0.05) is 40.2 Å². The summed E-state index contributed by atoms with van der Waals surface area (Å²) in [7, 11) is -4.02. The summed E-state index contributed by atoms with van der Waals surface area (Å²) in [5, 5.41) is 2.63. The number of rotatable bonds is 7. The highest BCUT2D eigenvalue weighted by Crippen LogP contribution is 2.36. The van der Waals surface area contributed by atoms with Gasteiger partial charge in [-0.15, -0.1) is 0 Å². The van der Waals surface area contributed by atoms with Crippen molar-refractivity contribution in [2.45, 2.75) is 23.8 Å². The zero-order valence-corrected chi connectivity index (χ0v) is 20.9. The fourth-order valence-corrected chi connectivity index (χ4v) is 5.83. The smallest absolute Gasteiger partial charge is 0.308 e. The number of halogens is 2. The molecule has 3 aromatic rings. The van der Waals surface area contributed by atoms with Crippen LogP contribution in [0.5, 0.6) is 0 Å². The molecule has 1 aliphatic rings. The van der Waals surface area contributed by atoms with Crippen molar-refractivity contribution in [3.63, 3.8) is 0 Å². The molecular weight excluding hydrogens is 539 g/mol. The van der Waals surface area contributed by atoms with Gasteiger partial charge in [-0.2, -0.15) is 4.31 Å². The van der Waals surface area contributed by atoms with Crippen LogP contribution in [-0.4, -0.2) is 37.8 Å². The van der Waals surface area contributed by atoms with Gasteiger partial charge >= 0.3 is 5.97 Å². The number of ether oxygens (including phenoxy) is 1. The summed E-state index contributed by atoms with van der Waals surface area (Å²) in [5.41, 5.74) is 2.18. The molecule has 1 aliphatic heterocycles. The fraction of sp³-hybridized carbons (Fsp3) is 0.200. The minimum Gasteiger partial charge on any atom is -0.456 e. The molecule has 7 nitrogen and oxygen atoms in total. The molecule has 35 heavy (non-hydrogen) atoms. The summed E-state index contributed by atoms with van der Waals surface area (Å²) < 4.78 is 47.4. The Balaban J connectivity index is 1.49. The van der Waals surface area contributed by atoms with Gasteiger partial charge in [0.15, 0.2) is 6.61 Å². The van der Waals surface area contributed by atoms with E-state index in [1.807, 2.05) is 12.1 Å². The van der Waals surface area contributed by atoms with Gasteiger partial charge in [0, 0.05) is 16.7 Å². The standard InChI is InChI=1S/C25H22BrFN2O5S/c26-18-5-9-20(10-6-18)28-24(30)16-34-25(31)15-23-22-4-2-1-3-17(22)13-14-29(23)35(32,33)21-11-7-19(27)8-12-21/h1-12,23H,13-16H2,(H,28,30). The minimum atomic E-state index is -4.02. The van der Waals surface area contributed by atoms with Crippen molar-refractivity contribution in [2.24, 2.45) is 0 Å². The summed E-state index contributed by atoms with van der Waals surface area (Å²) in [4.78, 5) is 24.8. The molecule has 0 radical (unpaired) electrons. The van der Waals surface area contributed by atoms with Crippen LogP contribution in [0.1, 0.15) is 23.6 Å². The summed E-state index contributed by atoms with van der Waals surface area (Å²) in [6, 6.07) is 18.0. The number of carbonyl (C=O) groups excluding carboxylic acids is 2. The average Bonchev–Trinajstić information content (AvgIpc) is 2.84. The highest BCUT2D eigenvalue weighted by molar-refractivity contribution is 9.10. The predicted molar refractivity (Wildman–Crippen MR) is 132 cm³/mol. The predicted octanol–water partition coefficient (Wildman–Crippen LogP) is 4.45. The molecule has 0 aliphatic carbocycles. The van der Waals surface area contributed by atoms with E-state index in [0.717, 1.165) is 22.2 Å². The van der Waals surface area contributed by atoms with Crippen LogP contribution in [0.2, 0.25) is 0 Å². The Morgan fingerprint density at radius 2 is 1.71 bits per heavy atom. The number of anilines is 1. The number of amides is 1. The summed E-state index contributed by atoms with van der Waals surface area (Å²) in [5.74, 6) is -1.77. The number of benzene rings is 3. The van der Waals surface area contributed by atoms with Crippen LogP contribution in [0.4, 0.5) is 10.1 Å². The third kappa shape index (κ3) is 5.95. The van der Waals surface area contributed by atoms with Crippen molar-refractivity contribution in [3.05, 3.63) is 94.2 Å². The SMILES string of the molecule is O=C(COC(=O)CC1c2ccccc2CCN1S(=O)(=O)c1ccc(F)cc1)Nc1ccc(Br)cc1. The Hall–Kier alpha value is -3.08. The third-order valence-electron chi connectivity index (χ3n) is 5.64. The monoisotopic (exact) mass is 560 g/mol. The van der Waals surface area contributed by atoms with Gasteiger partial charge in [0.05, 0.1) is 17.4 Å². The van der Waals surface area contributed by atoms with Gasteiger partial charge in [0.25, 0.3) is 5.91 Å². The Labute approximate surface area is 211 Å². The summed E-state index contributed by atoms with van der Waals surface area (Å²) >= 11 is 3.31. The van der Waals surface area contributed by atoms with Gasteiger partial charge in [-0.3, -0.25) is 9.59 Å². The molecule has 182 valence electrons. The first-order valence-corrected chi connectivity index (χ1v) is 13.0. The van der Waals surface area contributed by atoms with E-state index in [2.05, 4.69) is 21.2 Å². The van der Waals surface area contributed by atoms with Gasteiger partial charge in [0.2, 0.25) is 10.0 Å². The Kier molecular flexibility index (Phi) is 7.63. The van der Waals surface area contributed by atoms with E-state index >= 15 is 0 Å². The second-order valence-corrected chi connectivity index (χ2v) is 10.8. The molecule has 0 bridgehead atoms. The Morgan fingerprint density at radius 3 is 2.43 bits per heavy atom. The van der Waals surface area contributed by atoms with Crippen LogP contribution in [0.25, 0.3) is 0 Å². The molecule has 0 fully saturated rings. The quantitative estimate of drug-likeness (QED) is 0.431. The largest absolute Gasteiger partial charge is 0.456 e. The highest BCUT2D eigenvalue weighted by Gasteiger charge is 2.37. The molecule has 1 atom stereocenters. The molecule has 0 saturated carbocycles. The van der Waals surface area contributed by atoms with Crippen LogP contribution in [0.3, 0.4) is 0 Å². The lowest BCUT2D eigenvalue weighted by atomic mass is 9.92. The topological polar surface area (TPSA) is 92.8 Å². The Bertz CT molecular complexity index is 1330. The molecule has 1 N–H and O–H groups in total.